The minimum atomic E-state index is 0.551. The molecule has 0 spiro atoms. The van der Waals surface area contributed by atoms with Crippen molar-refractivity contribution in [2.45, 2.75) is 13.8 Å². The molecule has 4 nitrogen and oxygen atoms in total. The number of halogens is 1. The van der Waals surface area contributed by atoms with Crippen LogP contribution in [0.15, 0.2) is 17.7 Å². The van der Waals surface area contributed by atoms with Gasteiger partial charge in [0.1, 0.15) is 0 Å². The van der Waals surface area contributed by atoms with Crippen molar-refractivity contribution in [1.82, 2.24) is 5.32 Å². The van der Waals surface area contributed by atoms with Gasteiger partial charge in [0.2, 0.25) is 0 Å². The molecule has 0 radical (unpaired) electrons. The average molecular weight is 314 g/mol. The molecule has 5 heteroatoms. The Morgan fingerprint density at radius 3 is 2.71 bits per heavy atom. The van der Waals surface area contributed by atoms with Crippen LogP contribution in [0.4, 0.5) is 0 Å². The number of methoxy groups -OCH3 is 2. The highest BCUT2D eigenvalue weighted by Gasteiger charge is 2.10. The van der Waals surface area contributed by atoms with E-state index in [1.54, 1.807) is 14.2 Å². The Kier molecular flexibility index (Phi) is 8.20. The van der Waals surface area contributed by atoms with Crippen LogP contribution in [0, 0.1) is 0 Å². The van der Waals surface area contributed by atoms with Gasteiger partial charge in [-0.3, -0.25) is 0 Å². The van der Waals surface area contributed by atoms with Crippen LogP contribution >= 0.6 is 11.6 Å². The number of rotatable bonds is 9. The van der Waals surface area contributed by atoms with E-state index in [4.69, 9.17) is 25.8 Å². The standard InChI is InChI=1S/C16H24ClNO3/c1-5-21-15-10-13(9-14(17)16(15)20-4)8-12(2)11-18-6-7-19-3/h8-10,18H,5-7,11H2,1-4H3. The molecule has 1 aromatic carbocycles. The summed E-state index contributed by atoms with van der Waals surface area (Å²) >= 11 is 6.23. The summed E-state index contributed by atoms with van der Waals surface area (Å²) in [5.41, 5.74) is 2.20. The first-order chi connectivity index (χ1) is 10.1. The van der Waals surface area contributed by atoms with E-state index in [9.17, 15) is 0 Å². The summed E-state index contributed by atoms with van der Waals surface area (Å²) in [5, 5.41) is 3.85. The third kappa shape index (κ3) is 5.96. The Bertz CT molecular complexity index is 475. The molecule has 0 saturated heterocycles. The predicted molar refractivity (Wildman–Crippen MR) is 87.6 cm³/mol. The zero-order valence-electron chi connectivity index (χ0n) is 13.2. The largest absolute Gasteiger partial charge is 0.491 e. The lowest BCUT2D eigenvalue weighted by molar-refractivity contribution is 0.200. The molecule has 0 fully saturated rings. The summed E-state index contributed by atoms with van der Waals surface area (Å²) in [6.07, 6.45) is 2.08. The van der Waals surface area contributed by atoms with E-state index >= 15 is 0 Å². The van der Waals surface area contributed by atoms with E-state index < -0.39 is 0 Å². The summed E-state index contributed by atoms with van der Waals surface area (Å²) in [6, 6.07) is 3.81. The second kappa shape index (κ2) is 9.66. The fraction of sp³-hybridized carbons (Fsp3) is 0.500. The summed E-state index contributed by atoms with van der Waals surface area (Å²) < 4.78 is 15.8. The van der Waals surface area contributed by atoms with Crippen molar-refractivity contribution in [3.63, 3.8) is 0 Å². The first-order valence-electron chi connectivity index (χ1n) is 6.99. The first-order valence-corrected chi connectivity index (χ1v) is 7.37. The summed E-state index contributed by atoms with van der Waals surface area (Å²) in [7, 11) is 3.28. The Labute approximate surface area is 132 Å². The highest BCUT2D eigenvalue weighted by atomic mass is 35.5. The second-order valence-corrected chi connectivity index (χ2v) is 5.03. The Morgan fingerprint density at radius 2 is 2.10 bits per heavy atom. The van der Waals surface area contributed by atoms with Crippen molar-refractivity contribution in [2.24, 2.45) is 0 Å². The zero-order chi connectivity index (χ0) is 15.7. The fourth-order valence-corrected chi connectivity index (χ4v) is 2.22. The van der Waals surface area contributed by atoms with E-state index in [2.05, 4.69) is 18.3 Å². The quantitative estimate of drug-likeness (QED) is 0.709. The van der Waals surface area contributed by atoms with Gasteiger partial charge in [-0.25, -0.2) is 0 Å². The Hall–Kier alpha value is -1.23. The second-order valence-electron chi connectivity index (χ2n) is 4.63. The van der Waals surface area contributed by atoms with Crippen LogP contribution in [-0.4, -0.2) is 40.5 Å². The van der Waals surface area contributed by atoms with Crippen molar-refractivity contribution in [2.75, 3.05) is 40.5 Å². The smallest absolute Gasteiger partial charge is 0.179 e. The molecule has 0 heterocycles. The number of nitrogens with one attached hydrogen (secondary N) is 1. The molecule has 0 atom stereocenters. The normalized spacial score (nSPS) is 11.6. The van der Waals surface area contributed by atoms with Gasteiger partial charge in [0, 0.05) is 20.2 Å². The van der Waals surface area contributed by atoms with E-state index in [-0.39, 0.29) is 0 Å². The van der Waals surface area contributed by atoms with Crippen molar-refractivity contribution in [1.29, 1.82) is 0 Å². The molecule has 1 aromatic rings. The number of hydrogen-bond donors (Lipinski definition) is 1. The fourth-order valence-electron chi connectivity index (χ4n) is 1.93. The third-order valence-electron chi connectivity index (χ3n) is 2.84. The third-order valence-corrected chi connectivity index (χ3v) is 3.12. The first kappa shape index (κ1) is 17.8. The Balaban J connectivity index is 2.82. The average Bonchev–Trinajstić information content (AvgIpc) is 2.44. The van der Waals surface area contributed by atoms with Crippen LogP contribution in [0.1, 0.15) is 19.4 Å². The van der Waals surface area contributed by atoms with Gasteiger partial charge in [0.15, 0.2) is 11.5 Å². The number of ether oxygens (including phenoxy) is 3. The van der Waals surface area contributed by atoms with Crippen molar-refractivity contribution in [3.05, 3.63) is 28.3 Å². The Morgan fingerprint density at radius 1 is 1.33 bits per heavy atom. The van der Waals surface area contributed by atoms with Gasteiger partial charge in [-0.05, 0) is 31.5 Å². The molecule has 0 bridgehead atoms. The van der Waals surface area contributed by atoms with Gasteiger partial charge in [-0.15, -0.1) is 0 Å². The monoisotopic (exact) mass is 313 g/mol. The van der Waals surface area contributed by atoms with Gasteiger partial charge in [-0.1, -0.05) is 23.3 Å². The lowest BCUT2D eigenvalue weighted by atomic mass is 10.1. The van der Waals surface area contributed by atoms with Gasteiger partial charge in [-0.2, -0.15) is 0 Å². The molecule has 0 saturated carbocycles. The molecule has 1 rings (SSSR count). The molecule has 0 aromatic heterocycles. The maximum Gasteiger partial charge on any atom is 0.179 e. The molecular weight excluding hydrogens is 290 g/mol. The van der Waals surface area contributed by atoms with Crippen LogP contribution in [0.25, 0.3) is 6.08 Å². The number of benzene rings is 1. The van der Waals surface area contributed by atoms with Crippen molar-refractivity contribution < 1.29 is 14.2 Å². The van der Waals surface area contributed by atoms with E-state index in [1.165, 1.54) is 5.57 Å². The SMILES string of the molecule is CCOc1cc(C=C(C)CNCCOC)cc(Cl)c1OC. The minimum absolute atomic E-state index is 0.551. The molecule has 118 valence electrons. The molecule has 1 N–H and O–H groups in total. The molecule has 0 unspecified atom stereocenters. The zero-order valence-corrected chi connectivity index (χ0v) is 13.9. The summed E-state index contributed by atoms with van der Waals surface area (Å²) in [4.78, 5) is 0. The lowest BCUT2D eigenvalue weighted by Crippen LogP contribution is -2.20. The van der Waals surface area contributed by atoms with Gasteiger partial charge in [0.05, 0.1) is 25.3 Å². The molecule has 0 aliphatic carbocycles. The summed E-state index contributed by atoms with van der Waals surface area (Å²) in [5.74, 6) is 1.24. The van der Waals surface area contributed by atoms with E-state index in [0.29, 0.717) is 29.7 Å². The van der Waals surface area contributed by atoms with Crippen LogP contribution < -0.4 is 14.8 Å². The van der Waals surface area contributed by atoms with Gasteiger partial charge >= 0.3 is 0 Å². The topological polar surface area (TPSA) is 39.7 Å². The molecule has 0 aliphatic rings. The molecule has 0 aliphatic heterocycles. The maximum absolute atomic E-state index is 6.23. The van der Waals surface area contributed by atoms with Crippen LogP contribution in [0.3, 0.4) is 0 Å². The minimum Gasteiger partial charge on any atom is -0.491 e. The predicted octanol–water partition coefficient (Wildman–Crippen LogP) is 3.39. The lowest BCUT2D eigenvalue weighted by Gasteiger charge is -2.12. The van der Waals surface area contributed by atoms with E-state index in [0.717, 1.165) is 18.7 Å². The van der Waals surface area contributed by atoms with Gasteiger partial charge in [0.25, 0.3) is 0 Å². The van der Waals surface area contributed by atoms with Crippen LogP contribution in [0.5, 0.6) is 11.5 Å². The molecule has 0 amide bonds. The highest BCUT2D eigenvalue weighted by molar-refractivity contribution is 6.32. The van der Waals surface area contributed by atoms with Crippen molar-refractivity contribution >= 4 is 17.7 Å². The van der Waals surface area contributed by atoms with Crippen LogP contribution in [-0.2, 0) is 4.74 Å². The van der Waals surface area contributed by atoms with Crippen LogP contribution in [0.2, 0.25) is 5.02 Å². The molecule has 21 heavy (non-hydrogen) atoms. The van der Waals surface area contributed by atoms with Gasteiger partial charge < -0.3 is 19.5 Å². The summed E-state index contributed by atoms with van der Waals surface area (Å²) in [6.45, 7) is 6.90. The number of hydrogen-bond acceptors (Lipinski definition) is 4. The van der Waals surface area contributed by atoms with E-state index in [1.807, 2.05) is 19.1 Å². The molecular formula is C16H24ClNO3. The maximum atomic E-state index is 6.23. The highest BCUT2D eigenvalue weighted by Crippen LogP contribution is 2.36. The van der Waals surface area contributed by atoms with Crippen molar-refractivity contribution in [3.8, 4) is 11.5 Å².